The molecule has 1 aliphatic rings. The van der Waals surface area contributed by atoms with Crippen LogP contribution < -0.4 is 10.6 Å². The van der Waals surface area contributed by atoms with E-state index in [1.807, 2.05) is 18.7 Å². The highest BCUT2D eigenvalue weighted by atomic mass is 35.5. The summed E-state index contributed by atoms with van der Waals surface area (Å²) >= 11 is 6.77. The third-order valence-corrected chi connectivity index (χ3v) is 7.70. The first kappa shape index (κ1) is 28.5. The SMILES string of the molecule is C=CC(=O)N1CCN(c2nc(=O)n(-c3c(CCC)n[nH]c3CCC)c3nc(-c4ccccc4F)c(Cl)cc23)[C@@H](C)C1. The number of pyridine rings is 1. The van der Waals surface area contributed by atoms with Crippen LogP contribution >= 0.6 is 11.6 Å². The van der Waals surface area contributed by atoms with Gasteiger partial charge in [-0.15, -0.1) is 0 Å². The number of rotatable bonds is 8. The van der Waals surface area contributed by atoms with E-state index in [-0.39, 0.29) is 28.2 Å². The van der Waals surface area contributed by atoms with Crippen molar-refractivity contribution in [3.05, 3.63) is 75.7 Å². The largest absolute Gasteiger partial charge is 0.355 e. The maximum absolute atomic E-state index is 14.9. The van der Waals surface area contributed by atoms with Crippen LogP contribution in [0.25, 0.3) is 28.0 Å². The molecule has 1 N–H and O–H groups in total. The molecule has 1 saturated heterocycles. The Morgan fingerprint density at radius 1 is 1.20 bits per heavy atom. The van der Waals surface area contributed by atoms with E-state index in [1.165, 1.54) is 16.7 Å². The quantitative estimate of drug-likeness (QED) is 0.293. The monoisotopic (exact) mass is 577 g/mol. The van der Waals surface area contributed by atoms with E-state index >= 15 is 0 Å². The highest BCUT2D eigenvalue weighted by molar-refractivity contribution is 6.33. The van der Waals surface area contributed by atoms with Crippen LogP contribution in [-0.4, -0.2) is 61.2 Å². The molecule has 1 amide bonds. The van der Waals surface area contributed by atoms with E-state index in [0.717, 1.165) is 24.2 Å². The second-order valence-corrected chi connectivity index (χ2v) is 10.7. The van der Waals surface area contributed by atoms with Gasteiger partial charge in [-0.05, 0) is 44.0 Å². The van der Waals surface area contributed by atoms with Gasteiger partial charge in [0.2, 0.25) is 5.91 Å². The molecule has 1 atom stereocenters. The lowest BCUT2D eigenvalue weighted by atomic mass is 10.1. The Bertz CT molecular complexity index is 1660. The van der Waals surface area contributed by atoms with E-state index in [9.17, 15) is 14.0 Å². The zero-order chi connectivity index (χ0) is 29.3. The molecule has 9 nitrogen and oxygen atoms in total. The number of nitrogens with zero attached hydrogens (tertiary/aromatic N) is 6. The van der Waals surface area contributed by atoms with Gasteiger partial charge in [-0.3, -0.25) is 9.89 Å². The van der Waals surface area contributed by atoms with E-state index in [4.69, 9.17) is 16.6 Å². The molecule has 0 spiro atoms. The minimum atomic E-state index is -0.519. The van der Waals surface area contributed by atoms with E-state index < -0.39 is 11.5 Å². The summed E-state index contributed by atoms with van der Waals surface area (Å²) in [5.41, 5.74) is 2.44. The second-order valence-electron chi connectivity index (χ2n) is 10.3. The number of carbonyl (C=O) groups is 1. The Kier molecular flexibility index (Phi) is 8.21. The lowest BCUT2D eigenvalue weighted by molar-refractivity contribution is -0.126. The summed E-state index contributed by atoms with van der Waals surface area (Å²) in [7, 11) is 0. The number of aromatic amines is 1. The number of halogens is 2. The summed E-state index contributed by atoms with van der Waals surface area (Å²) in [4.78, 5) is 39.4. The van der Waals surface area contributed by atoms with Crippen LogP contribution in [0.4, 0.5) is 10.2 Å². The predicted molar refractivity (Wildman–Crippen MR) is 159 cm³/mol. The Labute approximate surface area is 242 Å². The summed E-state index contributed by atoms with van der Waals surface area (Å²) in [6, 6.07) is 7.83. The van der Waals surface area contributed by atoms with Gasteiger partial charge in [0.05, 0.1) is 33.2 Å². The third kappa shape index (κ3) is 5.24. The van der Waals surface area contributed by atoms with Crippen molar-refractivity contribution in [2.24, 2.45) is 0 Å². The summed E-state index contributed by atoms with van der Waals surface area (Å²) in [6.45, 7) is 11.0. The number of piperazine rings is 1. The topological polar surface area (TPSA) is 100 Å². The fourth-order valence-corrected chi connectivity index (χ4v) is 5.74. The first-order chi connectivity index (χ1) is 19.8. The molecule has 0 saturated carbocycles. The van der Waals surface area contributed by atoms with Crippen LogP contribution in [0.1, 0.15) is 45.0 Å². The Morgan fingerprint density at radius 3 is 2.63 bits per heavy atom. The van der Waals surface area contributed by atoms with Crippen molar-refractivity contribution in [3.8, 4) is 16.9 Å². The minimum absolute atomic E-state index is 0.143. The molecule has 1 aromatic carbocycles. The summed E-state index contributed by atoms with van der Waals surface area (Å²) < 4.78 is 16.4. The third-order valence-electron chi connectivity index (χ3n) is 7.41. The van der Waals surface area contributed by atoms with Crippen molar-refractivity contribution in [2.75, 3.05) is 24.5 Å². The highest BCUT2D eigenvalue weighted by Crippen LogP contribution is 2.35. The number of H-pyrrole nitrogens is 1. The van der Waals surface area contributed by atoms with Gasteiger partial charge in [-0.1, -0.05) is 57.0 Å². The molecule has 0 aliphatic carbocycles. The second kappa shape index (κ2) is 11.8. The molecule has 0 bridgehead atoms. The van der Waals surface area contributed by atoms with Crippen molar-refractivity contribution < 1.29 is 9.18 Å². The van der Waals surface area contributed by atoms with Gasteiger partial charge in [0.1, 0.15) is 11.6 Å². The fourth-order valence-electron chi connectivity index (χ4n) is 5.48. The Balaban J connectivity index is 1.79. The van der Waals surface area contributed by atoms with Gasteiger partial charge in [-0.2, -0.15) is 10.1 Å². The summed E-state index contributed by atoms with van der Waals surface area (Å²) in [5.74, 6) is -0.190. The molecule has 3 aromatic heterocycles. The van der Waals surface area contributed by atoms with E-state index in [0.29, 0.717) is 55.0 Å². The molecular formula is C30H33ClFN7O2. The number of anilines is 1. The normalized spacial score (nSPS) is 15.5. The zero-order valence-electron chi connectivity index (χ0n) is 23.5. The lowest BCUT2D eigenvalue weighted by Gasteiger charge is -2.40. The minimum Gasteiger partial charge on any atom is -0.350 e. The molecular weight excluding hydrogens is 545 g/mol. The number of hydrogen-bond acceptors (Lipinski definition) is 6. The van der Waals surface area contributed by atoms with Crippen molar-refractivity contribution in [1.82, 2.24) is 29.6 Å². The number of benzene rings is 1. The van der Waals surface area contributed by atoms with E-state index in [1.54, 1.807) is 29.2 Å². The average molecular weight is 578 g/mol. The summed E-state index contributed by atoms with van der Waals surface area (Å²) in [5, 5.41) is 8.44. The number of hydrogen-bond donors (Lipinski definition) is 1. The van der Waals surface area contributed by atoms with Gasteiger partial charge in [0.25, 0.3) is 0 Å². The standard InChI is InChI=1S/C30H33ClFN7O2/c1-5-10-23-27(24(11-6-2)36-35-23)39-29-20(16-21(31)26(33-29)19-12-8-9-13-22(19)32)28(34-30(39)41)38-15-14-37(17-18(38)4)25(40)7-3/h7-9,12-13,16,18H,3,5-6,10-11,14-15,17H2,1-2,4H3,(H,35,36)/t18-/m0/s1. The number of carbonyl (C=O) groups excluding carboxylic acids is 1. The smallest absolute Gasteiger partial charge is 0.350 e. The molecule has 214 valence electrons. The van der Waals surface area contributed by atoms with Crippen LogP contribution in [0.3, 0.4) is 0 Å². The fraction of sp³-hybridized carbons (Fsp3) is 0.367. The maximum atomic E-state index is 14.9. The maximum Gasteiger partial charge on any atom is 0.355 e. The molecule has 1 fully saturated rings. The van der Waals surface area contributed by atoms with Gasteiger partial charge < -0.3 is 9.80 Å². The Morgan fingerprint density at radius 2 is 1.95 bits per heavy atom. The molecule has 0 unspecified atom stereocenters. The van der Waals surface area contributed by atoms with Gasteiger partial charge in [0.15, 0.2) is 5.65 Å². The average Bonchev–Trinajstić information content (AvgIpc) is 3.34. The molecule has 4 aromatic rings. The first-order valence-corrected chi connectivity index (χ1v) is 14.3. The van der Waals surface area contributed by atoms with Crippen LogP contribution in [0.15, 0.2) is 47.8 Å². The molecule has 41 heavy (non-hydrogen) atoms. The lowest BCUT2D eigenvalue weighted by Crippen LogP contribution is -2.54. The number of fused-ring (bicyclic) bond motifs is 1. The number of aromatic nitrogens is 5. The van der Waals surface area contributed by atoms with Crippen molar-refractivity contribution in [3.63, 3.8) is 0 Å². The molecule has 4 heterocycles. The zero-order valence-corrected chi connectivity index (χ0v) is 24.2. The van der Waals surface area contributed by atoms with Crippen molar-refractivity contribution in [2.45, 2.75) is 52.5 Å². The predicted octanol–water partition coefficient (Wildman–Crippen LogP) is 5.09. The van der Waals surface area contributed by atoms with Crippen molar-refractivity contribution in [1.29, 1.82) is 0 Å². The number of aryl methyl sites for hydroxylation is 2. The molecule has 11 heteroatoms. The molecule has 0 radical (unpaired) electrons. The Hall–Kier alpha value is -4.05. The van der Waals surface area contributed by atoms with Crippen molar-refractivity contribution >= 4 is 34.4 Å². The first-order valence-electron chi connectivity index (χ1n) is 13.9. The highest BCUT2D eigenvalue weighted by Gasteiger charge is 2.30. The van der Waals surface area contributed by atoms with Gasteiger partial charge >= 0.3 is 5.69 Å². The summed E-state index contributed by atoms with van der Waals surface area (Å²) in [6.07, 6.45) is 4.29. The molecule has 5 rings (SSSR count). The van der Waals surface area contributed by atoms with Crippen LogP contribution in [0.2, 0.25) is 5.02 Å². The van der Waals surface area contributed by atoms with Gasteiger partial charge in [-0.25, -0.2) is 18.7 Å². The number of nitrogens with one attached hydrogen (secondary N) is 1. The molecule has 1 aliphatic heterocycles. The van der Waals surface area contributed by atoms with E-state index in [2.05, 4.69) is 28.7 Å². The van der Waals surface area contributed by atoms with Crippen LogP contribution in [0, 0.1) is 5.82 Å². The van der Waals surface area contributed by atoms with Gasteiger partial charge in [0, 0.05) is 31.2 Å². The van der Waals surface area contributed by atoms with Crippen LogP contribution in [0.5, 0.6) is 0 Å². The van der Waals surface area contributed by atoms with Crippen LogP contribution in [-0.2, 0) is 17.6 Å². The number of amides is 1.